The topological polar surface area (TPSA) is 75.7 Å². The molecule has 1 N–H and O–H groups in total. The monoisotopic (exact) mass is 342 g/mol. The molecule has 2 atom stereocenters. The Morgan fingerprint density at radius 2 is 2.00 bits per heavy atom. The van der Waals surface area contributed by atoms with Crippen LogP contribution < -0.4 is 5.32 Å². The van der Waals surface area contributed by atoms with Crippen LogP contribution >= 0.6 is 0 Å². The number of benzene rings is 1. The summed E-state index contributed by atoms with van der Waals surface area (Å²) in [4.78, 5) is 38.8. The Balaban J connectivity index is 1.51. The highest BCUT2D eigenvalue weighted by Gasteiger charge is 2.38. The van der Waals surface area contributed by atoms with Crippen molar-refractivity contribution in [3.63, 3.8) is 0 Å². The van der Waals surface area contributed by atoms with Crippen molar-refractivity contribution in [3.8, 4) is 0 Å². The molecular formula is C19H22N2O4. The number of hydrogen-bond donors (Lipinski definition) is 1. The van der Waals surface area contributed by atoms with Crippen LogP contribution in [0.4, 0.5) is 0 Å². The van der Waals surface area contributed by atoms with Gasteiger partial charge in [0.1, 0.15) is 0 Å². The molecule has 3 aliphatic rings. The van der Waals surface area contributed by atoms with Crippen LogP contribution in [-0.4, -0.2) is 47.9 Å². The Labute approximate surface area is 146 Å². The van der Waals surface area contributed by atoms with Crippen LogP contribution in [-0.2, 0) is 4.74 Å². The second-order valence-corrected chi connectivity index (χ2v) is 7.22. The van der Waals surface area contributed by atoms with Crippen molar-refractivity contribution in [3.05, 3.63) is 34.9 Å². The second kappa shape index (κ2) is 6.26. The molecule has 0 spiro atoms. The van der Waals surface area contributed by atoms with Gasteiger partial charge in [0, 0.05) is 18.2 Å². The van der Waals surface area contributed by atoms with Gasteiger partial charge in [-0.15, -0.1) is 0 Å². The van der Waals surface area contributed by atoms with Crippen LogP contribution in [0.1, 0.15) is 63.7 Å². The lowest BCUT2D eigenvalue weighted by atomic mass is 10.0. The molecule has 1 aromatic rings. The number of imide groups is 1. The largest absolute Gasteiger partial charge is 0.376 e. The molecule has 2 fully saturated rings. The molecule has 0 bridgehead atoms. The van der Waals surface area contributed by atoms with Crippen LogP contribution in [0.3, 0.4) is 0 Å². The molecule has 1 saturated carbocycles. The lowest BCUT2D eigenvalue weighted by Gasteiger charge is -2.17. The van der Waals surface area contributed by atoms with E-state index in [1.807, 2.05) is 6.92 Å². The summed E-state index contributed by atoms with van der Waals surface area (Å²) < 4.78 is 5.53. The van der Waals surface area contributed by atoms with Gasteiger partial charge in [-0.05, 0) is 56.7 Å². The predicted octanol–water partition coefficient (Wildman–Crippen LogP) is 1.99. The second-order valence-electron chi connectivity index (χ2n) is 7.22. The van der Waals surface area contributed by atoms with Gasteiger partial charge in [-0.3, -0.25) is 19.3 Å². The molecular weight excluding hydrogens is 320 g/mol. The van der Waals surface area contributed by atoms with E-state index in [-0.39, 0.29) is 36.4 Å². The van der Waals surface area contributed by atoms with E-state index < -0.39 is 0 Å². The zero-order valence-electron chi connectivity index (χ0n) is 14.3. The van der Waals surface area contributed by atoms with Crippen molar-refractivity contribution in [2.75, 3.05) is 13.2 Å². The molecule has 1 aromatic carbocycles. The number of carbonyl (C=O) groups is 3. The van der Waals surface area contributed by atoms with Crippen LogP contribution in [0.25, 0.3) is 0 Å². The van der Waals surface area contributed by atoms with Crippen molar-refractivity contribution in [1.29, 1.82) is 0 Å². The minimum absolute atomic E-state index is 0.0793. The average molecular weight is 342 g/mol. The van der Waals surface area contributed by atoms with Crippen molar-refractivity contribution in [2.45, 2.75) is 44.8 Å². The van der Waals surface area contributed by atoms with Crippen molar-refractivity contribution in [2.24, 2.45) is 5.92 Å². The first kappa shape index (κ1) is 16.3. The Bertz CT molecular complexity index is 735. The minimum atomic E-state index is -0.333. The maximum absolute atomic E-state index is 12.6. The highest BCUT2D eigenvalue weighted by molar-refractivity contribution is 6.22. The first-order valence-corrected chi connectivity index (χ1v) is 8.97. The molecule has 2 aliphatic heterocycles. The first-order chi connectivity index (χ1) is 12.0. The molecule has 0 radical (unpaired) electrons. The molecule has 0 aromatic heterocycles. The Morgan fingerprint density at radius 1 is 1.24 bits per heavy atom. The summed E-state index contributed by atoms with van der Waals surface area (Å²) in [5.74, 6) is -0.266. The van der Waals surface area contributed by atoms with E-state index in [2.05, 4.69) is 5.32 Å². The average Bonchev–Trinajstić information content (AvgIpc) is 3.29. The van der Waals surface area contributed by atoms with Crippen molar-refractivity contribution in [1.82, 2.24) is 10.2 Å². The number of rotatable bonds is 5. The number of fused-ring (bicyclic) bond motifs is 1. The van der Waals surface area contributed by atoms with Gasteiger partial charge in [-0.1, -0.05) is 0 Å². The van der Waals surface area contributed by atoms with Gasteiger partial charge in [0.15, 0.2) is 0 Å². The van der Waals surface area contributed by atoms with Gasteiger partial charge in [-0.25, -0.2) is 0 Å². The molecule has 25 heavy (non-hydrogen) atoms. The fourth-order valence-electron chi connectivity index (χ4n) is 3.59. The Hall–Kier alpha value is -2.21. The summed E-state index contributed by atoms with van der Waals surface area (Å²) >= 11 is 0. The van der Waals surface area contributed by atoms with Crippen LogP contribution in [0, 0.1) is 5.92 Å². The summed E-state index contributed by atoms with van der Waals surface area (Å²) in [6.45, 7) is 2.96. The molecule has 132 valence electrons. The molecule has 2 unspecified atom stereocenters. The molecule has 6 heteroatoms. The van der Waals surface area contributed by atoms with E-state index in [1.54, 1.807) is 18.2 Å². The third-order valence-corrected chi connectivity index (χ3v) is 5.33. The number of nitrogens with zero attached hydrogens (tertiary/aromatic N) is 1. The molecule has 6 nitrogen and oxygen atoms in total. The predicted molar refractivity (Wildman–Crippen MR) is 90.4 cm³/mol. The third kappa shape index (κ3) is 3.06. The van der Waals surface area contributed by atoms with Gasteiger partial charge in [0.05, 0.1) is 23.8 Å². The van der Waals surface area contributed by atoms with Gasteiger partial charge < -0.3 is 10.1 Å². The summed E-state index contributed by atoms with van der Waals surface area (Å²) in [5.41, 5.74) is 1.11. The van der Waals surface area contributed by atoms with E-state index in [0.29, 0.717) is 29.2 Å². The van der Waals surface area contributed by atoms with Crippen molar-refractivity contribution < 1.29 is 19.1 Å². The smallest absolute Gasteiger partial charge is 0.261 e. The van der Waals surface area contributed by atoms with E-state index in [1.165, 1.54) is 4.90 Å². The third-order valence-electron chi connectivity index (χ3n) is 5.33. The van der Waals surface area contributed by atoms with E-state index >= 15 is 0 Å². The number of amides is 3. The quantitative estimate of drug-likeness (QED) is 0.831. The fourth-order valence-corrected chi connectivity index (χ4v) is 3.59. The lowest BCUT2D eigenvalue weighted by molar-refractivity contribution is 0.0475. The van der Waals surface area contributed by atoms with Crippen LogP contribution in [0.2, 0.25) is 0 Å². The summed E-state index contributed by atoms with van der Waals surface area (Å²) in [7, 11) is 0. The zero-order chi connectivity index (χ0) is 17.6. The van der Waals surface area contributed by atoms with Gasteiger partial charge in [0.2, 0.25) is 0 Å². The number of nitrogens with one attached hydrogen (secondary N) is 1. The Kier molecular flexibility index (Phi) is 4.07. The number of hydrogen-bond acceptors (Lipinski definition) is 4. The van der Waals surface area contributed by atoms with E-state index in [0.717, 1.165) is 25.7 Å². The van der Waals surface area contributed by atoms with Gasteiger partial charge >= 0.3 is 0 Å². The number of carbonyl (C=O) groups excluding carboxylic acids is 3. The summed E-state index contributed by atoms with van der Waals surface area (Å²) in [5, 5.41) is 2.98. The van der Waals surface area contributed by atoms with E-state index in [4.69, 9.17) is 4.74 Å². The molecule has 4 rings (SSSR count). The highest BCUT2D eigenvalue weighted by atomic mass is 16.5. The van der Waals surface area contributed by atoms with Crippen LogP contribution in [0.15, 0.2) is 18.2 Å². The highest BCUT2D eigenvalue weighted by Crippen LogP contribution is 2.32. The van der Waals surface area contributed by atoms with E-state index in [9.17, 15) is 14.4 Å². The molecule has 3 amide bonds. The zero-order valence-corrected chi connectivity index (χ0v) is 14.3. The maximum Gasteiger partial charge on any atom is 0.261 e. The van der Waals surface area contributed by atoms with Gasteiger partial charge in [0.25, 0.3) is 17.7 Å². The summed E-state index contributed by atoms with van der Waals surface area (Å²) in [6, 6.07) is 4.88. The number of ether oxygens (including phenoxy) is 1. The van der Waals surface area contributed by atoms with Gasteiger partial charge in [-0.2, -0.15) is 0 Å². The van der Waals surface area contributed by atoms with Crippen molar-refractivity contribution >= 4 is 17.7 Å². The van der Waals surface area contributed by atoms with Crippen LogP contribution in [0.5, 0.6) is 0 Å². The summed E-state index contributed by atoms with van der Waals surface area (Å²) in [6.07, 6.45) is 4.04. The normalized spacial score (nSPS) is 23.7. The standard InChI is InChI=1S/C19H22N2O4/c1-11(12-4-5-12)20-17(22)13-6-7-15-16(9-13)19(24)21(18(15)23)10-14-3-2-8-25-14/h6-7,9,11-12,14H,2-5,8,10H2,1H3,(H,20,22). The maximum atomic E-state index is 12.6. The SMILES string of the molecule is CC(NC(=O)c1ccc2c(c1)C(=O)N(CC1CCCO1)C2=O)C1CC1. The molecule has 2 heterocycles. The minimum Gasteiger partial charge on any atom is -0.376 e. The fraction of sp³-hybridized carbons (Fsp3) is 0.526. The lowest BCUT2D eigenvalue weighted by Crippen LogP contribution is -2.36. The first-order valence-electron chi connectivity index (χ1n) is 8.97. The molecule has 1 aliphatic carbocycles. The molecule has 1 saturated heterocycles. The Morgan fingerprint density at radius 3 is 2.68 bits per heavy atom.